The third kappa shape index (κ3) is 3.98. The predicted molar refractivity (Wildman–Crippen MR) is 83.4 cm³/mol. The summed E-state index contributed by atoms with van der Waals surface area (Å²) in [6, 6.07) is 0. The largest absolute Gasteiger partial charge is 0.396 e. The number of rotatable bonds is 5. The van der Waals surface area contributed by atoms with Crippen molar-refractivity contribution in [3.05, 3.63) is 0 Å². The van der Waals surface area contributed by atoms with Crippen LogP contribution in [0.3, 0.4) is 0 Å². The van der Waals surface area contributed by atoms with Gasteiger partial charge in [0.1, 0.15) is 0 Å². The van der Waals surface area contributed by atoms with Gasteiger partial charge in [0.15, 0.2) is 0 Å². The summed E-state index contributed by atoms with van der Waals surface area (Å²) in [7, 11) is 0. The minimum absolute atomic E-state index is 0.391. The van der Waals surface area contributed by atoms with Crippen LogP contribution in [0.5, 0.6) is 0 Å². The number of aliphatic hydroxyl groups excluding tert-OH is 2. The van der Waals surface area contributed by atoms with E-state index in [4.69, 9.17) is 0 Å². The first-order chi connectivity index (χ1) is 9.65. The molecule has 20 heavy (non-hydrogen) atoms. The minimum Gasteiger partial charge on any atom is -0.396 e. The molecule has 2 unspecified atom stereocenters. The van der Waals surface area contributed by atoms with E-state index in [2.05, 4.69) is 13.8 Å². The second kappa shape index (κ2) is 7.79. The summed E-state index contributed by atoms with van der Waals surface area (Å²) in [6.07, 6.45) is 10.2. The molecule has 0 radical (unpaired) electrons. The molecule has 118 valence electrons. The van der Waals surface area contributed by atoms with Crippen LogP contribution in [0.4, 0.5) is 0 Å². The Bertz CT molecular complexity index is 235. The molecule has 0 aliphatic heterocycles. The van der Waals surface area contributed by atoms with Crippen molar-refractivity contribution in [1.82, 2.24) is 0 Å². The van der Waals surface area contributed by atoms with Crippen molar-refractivity contribution in [1.29, 1.82) is 0 Å². The van der Waals surface area contributed by atoms with E-state index in [0.717, 1.165) is 23.7 Å². The summed E-state index contributed by atoms with van der Waals surface area (Å²) in [4.78, 5) is 0. The van der Waals surface area contributed by atoms with Gasteiger partial charge in [-0.25, -0.2) is 0 Å². The first kappa shape index (κ1) is 16.3. The number of hydrogen-bond acceptors (Lipinski definition) is 2. The molecule has 0 aromatic rings. The van der Waals surface area contributed by atoms with Crippen molar-refractivity contribution in [2.24, 2.45) is 35.5 Å². The van der Waals surface area contributed by atoms with E-state index in [1.54, 1.807) is 0 Å². The van der Waals surface area contributed by atoms with E-state index < -0.39 is 0 Å². The van der Waals surface area contributed by atoms with Gasteiger partial charge < -0.3 is 10.2 Å². The number of hydrogen-bond donors (Lipinski definition) is 2. The molecule has 2 atom stereocenters. The van der Waals surface area contributed by atoms with Gasteiger partial charge in [-0.05, 0) is 86.9 Å². The molecule has 2 fully saturated rings. The summed E-state index contributed by atoms with van der Waals surface area (Å²) in [5.41, 5.74) is 0. The van der Waals surface area contributed by atoms with Crippen molar-refractivity contribution in [3.63, 3.8) is 0 Å². The Balaban J connectivity index is 1.79. The van der Waals surface area contributed by atoms with Crippen molar-refractivity contribution < 1.29 is 10.2 Å². The summed E-state index contributed by atoms with van der Waals surface area (Å²) in [5, 5.41) is 18.5. The van der Waals surface area contributed by atoms with Crippen LogP contribution in [-0.2, 0) is 0 Å². The highest BCUT2D eigenvalue weighted by Crippen LogP contribution is 2.42. The standard InChI is InChI=1S/C18H34O2/c1-13(17-7-3-15(11-19)4-8-17)14(2)18-9-5-16(12-20)6-10-18/h13-20H,3-12H2,1-2H3. The Morgan fingerprint density at radius 3 is 1.20 bits per heavy atom. The average Bonchev–Trinajstić information content (AvgIpc) is 2.53. The van der Waals surface area contributed by atoms with Crippen LogP contribution < -0.4 is 0 Å². The van der Waals surface area contributed by atoms with E-state index >= 15 is 0 Å². The molecule has 0 bridgehead atoms. The first-order valence-electron chi connectivity index (χ1n) is 8.87. The third-order valence-corrected chi connectivity index (χ3v) is 6.62. The average molecular weight is 282 g/mol. The molecule has 0 amide bonds. The normalized spacial score (nSPS) is 38.4. The zero-order chi connectivity index (χ0) is 14.5. The van der Waals surface area contributed by atoms with Gasteiger partial charge in [0.2, 0.25) is 0 Å². The predicted octanol–water partition coefficient (Wildman–Crippen LogP) is 3.86. The summed E-state index contributed by atoms with van der Waals surface area (Å²) in [5.74, 6) is 4.56. The molecule has 0 saturated heterocycles. The van der Waals surface area contributed by atoms with E-state index in [1.807, 2.05) is 0 Å². The van der Waals surface area contributed by atoms with Crippen molar-refractivity contribution in [2.75, 3.05) is 13.2 Å². The topological polar surface area (TPSA) is 40.5 Å². The van der Waals surface area contributed by atoms with Crippen LogP contribution in [0, 0.1) is 35.5 Å². The van der Waals surface area contributed by atoms with Crippen LogP contribution in [0.1, 0.15) is 65.2 Å². The van der Waals surface area contributed by atoms with Gasteiger partial charge in [-0.15, -0.1) is 0 Å². The van der Waals surface area contributed by atoms with Gasteiger partial charge in [-0.3, -0.25) is 0 Å². The summed E-state index contributed by atoms with van der Waals surface area (Å²) < 4.78 is 0. The Labute approximate surface area is 125 Å². The smallest absolute Gasteiger partial charge is 0.0459 e. The highest BCUT2D eigenvalue weighted by Gasteiger charge is 2.33. The number of aliphatic hydroxyl groups is 2. The Morgan fingerprint density at radius 2 is 0.950 bits per heavy atom. The van der Waals surface area contributed by atoms with Gasteiger partial charge in [0, 0.05) is 13.2 Å². The van der Waals surface area contributed by atoms with E-state index in [9.17, 15) is 10.2 Å². The fourth-order valence-electron chi connectivity index (χ4n) is 4.65. The fraction of sp³-hybridized carbons (Fsp3) is 1.00. The molecule has 2 aliphatic rings. The van der Waals surface area contributed by atoms with Gasteiger partial charge in [-0.2, -0.15) is 0 Å². The molecule has 2 saturated carbocycles. The van der Waals surface area contributed by atoms with Crippen molar-refractivity contribution in [3.8, 4) is 0 Å². The van der Waals surface area contributed by atoms with Crippen molar-refractivity contribution >= 4 is 0 Å². The van der Waals surface area contributed by atoms with Crippen LogP contribution in [0.25, 0.3) is 0 Å². The molecular weight excluding hydrogens is 248 g/mol. The molecule has 0 aromatic heterocycles. The quantitative estimate of drug-likeness (QED) is 0.804. The van der Waals surface area contributed by atoms with Gasteiger partial charge >= 0.3 is 0 Å². The van der Waals surface area contributed by atoms with Crippen LogP contribution in [0.2, 0.25) is 0 Å². The second-order valence-electron chi connectivity index (χ2n) is 7.64. The maximum absolute atomic E-state index is 9.26. The molecule has 0 aromatic carbocycles. The Kier molecular flexibility index (Phi) is 6.35. The molecule has 2 nitrogen and oxygen atoms in total. The van der Waals surface area contributed by atoms with Crippen LogP contribution >= 0.6 is 0 Å². The van der Waals surface area contributed by atoms with E-state index in [0.29, 0.717) is 25.0 Å². The molecule has 2 rings (SSSR count). The minimum atomic E-state index is 0.391. The van der Waals surface area contributed by atoms with Crippen LogP contribution in [-0.4, -0.2) is 23.4 Å². The summed E-state index contributed by atoms with van der Waals surface area (Å²) in [6.45, 7) is 5.71. The van der Waals surface area contributed by atoms with Gasteiger partial charge in [-0.1, -0.05) is 13.8 Å². The zero-order valence-electron chi connectivity index (χ0n) is 13.4. The van der Waals surface area contributed by atoms with Crippen molar-refractivity contribution in [2.45, 2.75) is 65.2 Å². The molecule has 2 N–H and O–H groups in total. The maximum Gasteiger partial charge on any atom is 0.0459 e. The molecular formula is C18H34O2. The molecule has 2 aliphatic carbocycles. The lowest BCUT2D eigenvalue weighted by atomic mass is 9.66. The molecule has 0 spiro atoms. The third-order valence-electron chi connectivity index (χ3n) is 6.62. The monoisotopic (exact) mass is 282 g/mol. The summed E-state index contributed by atoms with van der Waals surface area (Å²) >= 11 is 0. The lowest BCUT2D eigenvalue weighted by Gasteiger charge is -2.39. The highest BCUT2D eigenvalue weighted by molar-refractivity contribution is 4.83. The van der Waals surface area contributed by atoms with E-state index in [1.165, 1.54) is 51.4 Å². The second-order valence-corrected chi connectivity index (χ2v) is 7.64. The Morgan fingerprint density at radius 1 is 0.650 bits per heavy atom. The highest BCUT2D eigenvalue weighted by atomic mass is 16.3. The molecule has 0 heterocycles. The van der Waals surface area contributed by atoms with Gasteiger partial charge in [0.25, 0.3) is 0 Å². The zero-order valence-corrected chi connectivity index (χ0v) is 13.4. The first-order valence-corrected chi connectivity index (χ1v) is 8.87. The van der Waals surface area contributed by atoms with Gasteiger partial charge in [0.05, 0.1) is 0 Å². The lowest BCUT2D eigenvalue weighted by molar-refractivity contribution is 0.0845. The SMILES string of the molecule is CC(C1CCC(CO)CC1)C(C)C1CCC(CO)CC1. The van der Waals surface area contributed by atoms with Crippen LogP contribution in [0.15, 0.2) is 0 Å². The Hall–Kier alpha value is -0.0800. The van der Waals surface area contributed by atoms with E-state index in [-0.39, 0.29) is 0 Å². The lowest BCUT2D eigenvalue weighted by Crippen LogP contribution is -2.31. The maximum atomic E-state index is 9.26. The molecule has 2 heteroatoms. The fourth-order valence-corrected chi connectivity index (χ4v) is 4.65.